The Morgan fingerprint density at radius 2 is 1.82 bits per heavy atom. The van der Waals surface area contributed by atoms with E-state index >= 15 is 0 Å². The van der Waals surface area contributed by atoms with E-state index in [0.29, 0.717) is 11.3 Å². The summed E-state index contributed by atoms with van der Waals surface area (Å²) in [6.45, 7) is 5.17. The maximum Gasteiger partial charge on any atom is 0.426 e. The molecule has 2 aromatic rings. The molecule has 1 aromatic carbocycles. The summed E-state index contributed by atoms with van der Waals surface area (Å²) in [4.78, 5) is 27.4. The lowest BCUT2D eigenvalue weighted by Gasteiger charge is -2.19. The van der Waals surface area contributed by atoms with E-state index in [9.17, 15) is 9.59 Å². The van der Waals surface area contributed by atoms with E-state index < -0.39 is 17.6 Å². The molecule has 116 valence electrons. The topological polar surface area (TPSA) is 93.5 Å². The first-order valence-electron chi connectivity index (χ1n) is 6.65. The average Bonchev–Trinajstić information content (AvgIpc) is 2.93. The number of amides is 2. The summed E-state index contributed by atoms with van der Waals surface area (Å²) >= 11 is 0. The van der Waals surface area contributed by atoms with E-state index in [0.717, 1.165) is 0 Å². The summed E-state index contributed by atoms with van der Waals surface area (Å²) in [5.74, 6) is -0.275. The molecule has 2 N–H and O–H groups in total. The predicted molar refractivity (Wildman–Crippen MR) is 78.8 cm³/mol. The van der Waals surface area contributed by atoms with Crippen LogP contribution < -0.4 is 10.9 Å². The second-order valence-electron chi connectivity index (χ2n) is 5.48. The van der Waals surface area contributed by atoms with Crippen molar-refractivity contribution >= 4 is 12.0 Å². The van der Waals surface area contributed by atoms with Gasteiger partial charge in [0, 0.05) is 5.56 Å². The van der Waals surface area contributed by atoms with Crippen LogP contribution >= 0.6 is 0 Å². The summed E-state index contributed by atoms with van der Waals surface area (Å²) in [5.41, 5.74) is 4.52. The first-order valence-corrected chi connectivity index (χ1v) is 6.65. The van der Waals surface area contributed by atoms with Crippen LogP contribution in [0.25, 0.3) is 11.3 Å². The lowest BCUT2D eigenvalue weighted by atomic mass is 10.1. The van der Waals surface area contributed by atoms with Gasteiger partial charge in [0.05, 0.1) is 0 Å². The Labute approximate surface area is 127 Å². The molecule has 0 fully saturated rings. The third kappa shape index (κ3) is 4.08. The maximum absolute atomic E-state index is 12.1. The van der Waals surface area contributed by atoms with E-state index in [2.05, 4.69) is 15.8 Å². The Kier molecular flexibility index (Phi) is 4.45. The van der Waals surface area contributed by atoms with Crippen molar-refractivity contribution in [1.82, 2.24) is 15.8 Å². The number of benzene rings is 1. The lowest BCUT2D eigenvalue weighted by molar-refractivity contribution is 0.0483. The number of nitrogens with one attached hydrogen (secondary N) is 2. The van der Waals surface area contributed by atoms with Crippen LogP contribution in [-0.4, -0.2) is 22.6 Å². The normalized spacial score (nSPS) is 10.9. The highest BCUT2D eigenvalue weighted by molar-refractivity contribution is 5.98. The Balaban J connectivity index is 2.03. The molecule has 0 atom stereocenters. The minimum atomic E-state index is -0.759. The minimum Gasteiger partial charge on any atom is -0.443 e. The molecular formula is C15H17N3O4. The molecule has 1 aromatic heterocycles. The fraction of sp³-hybridized carbons (Fsp3) is 0.267. The minimum absolute atomic E-state index is 0.0715. The summed E-state index contributed by atoms with van der Waals surface area (Å²) in [5, 5.41) is 0. The zero-order valence-corrected chi connectivity index (χ0v) is 12.5. The number of aromatic nitrogens is 1. The van der Waals surface area contributed by atoms with Crippen LogP contribution in [-0.2, 0) is 4.74 Å². The largest absolute Gasteiger partial charge is 0.443 e. The number of rotatable bonds is 2. The van der Waals surface area contributed by atoms with Gasteiger partial charge in [-0.2, -0.15) is 0 Å². The Bertz CT molecular complexity index is 659. The van der Waals surface area contributed by atoms with Gasteiger partial charge in [-0.05, 0) is 20.8 Å². The Morgan fingerprint density at radius 1 is 1.14 bits per heavy atom. The van der Waals surface area contributed by atoms with E-state index in [1.807, 2.05) is 18.2 Å². The van der Waals surface area contributed by atoms with Gasteiger partial charge < -0.3 is 9.15 Å². The highest BCUT2D eigenvalue weighted by Crippen LogP contribution is 2.22. The zero-order valence-electron chi connectivity index (χ0n) is 12.5. The van der Waals surface area contributed by atoms with Gasteiger partial charge in [0.2, 0.25) is 0 Å². The fourth-order valence-corrected chi connectivity index (χ4v) is 1.67. The summed E-state index contributed by atoms with van der Waals surface area (Å²) in [6.07, 6.45) is 0.413. The number of hydrogen-bond acceptors (Lipinski definition) is 5. The number of carbonyl (C=O) groups excluding carboxylic acids is 2. The zero-order chi connectivity index (χ0) is 16.2. The third-order valence-electron chi connectivity index (χ3n) is 2.50. The van der Waals surface area contributed by atoms with E-state index in [1.165, 1.54) is 6.39 Å². The van der Waals surface area contributed by atoms with Crippen molar-refractivity contribution in [2.24, 2.45) is 0 Å². The molecule has 0 aliphatic heterocycles. The molecule has 0 saturated carbocycles. The van der Waals surface area contributed by atoms with E-state index in [1.54, 1.807) is 32.9 Å². The Hall–Kier alpha value is -2.83. The van der Waals surface area contributed by atoms with Gasteiger partial charge in [-0.3, -0.25) is 10.2 Å². The smallest absolute Gasteiger partial charge is 0.426 e. The quantitative estimate of drug-likeness (QED) is 0.831. The SMILES string of the molecule is CC(C)(C)OC(=O)NNC(=O)c1ncoc1-c1ccccc1. The molecular weight excluding hydrogens is 286 g/mol. The van der Waals surface area contributed by atoms with Crippen molar-refractivity contribution in [3.8, 4) is 11.3 Å². The van der Waals surface area contributed by atoms with Crippen molar-refractivity contribution in [1.29, 1.82) is 0 Å². The number of carbonyl (C=O) groups is 2. The maximum atomic E-state index is 12.1. The van der Waals surface area contributed by atoms with E-state index in [4.69, 9.17) is 9.15 Å². The molecule has 2 rings (SSSR count). The lowest BCUT2D eigenvalue weighted by Crippen LogP contribution is -2.44. The van der Waals surface area contributed by atoms with Gasteiger partial charge >= 0.3 is 6.09 Å². The average molecular weight is 303 g/mol. The third-order valence-corrected chi connectivity index (χ3v) is 2.50. The molecule has 1 heterocycles. The monoisotopic (exact) mass is 303 g/mol. The molecule has 0 unspecified atom stereocenters. The number of hydrogen-bond donors (Lipinski definition) is 2. The van der Waals surface area contributed by atoms with Crippen LogP contribution in [0.4, 0.5) is 4.79 Å². The molecule has 0 radical (unpaired) electrons. The number of hydrazine groups is 1. The van der Waals surface area contributed by atoms with Crippen LogP contribution in [0.5, 0.6) is 0 Å². The van der Waals surface area contributed by atoms with Crippen LogP contribution in [0, 0.1) is 0 Å². The molecule has 0 saturated heterocycles. The molecule has 0 spiro atoms. The predicted octanol–water partition coefficient (Wildman–Crippen LogP) is 2.51. The summed E-state index contributed by atoms with van der Waals surface area (Å²) < 4.78 is 10.3. The van der Waals surface area contributed by atoms with Crippen molar-refractivity contribution in [2.75, 3.05) is 0 Å². The summed E-state index contributed by atoms with van der Waals surface area (Å²) in [6, 6.07) is 9.07. The van der Waals surface area contributed by atoms with Crippen molar-refractivity contribution in [3.05, 3.63) is 42.4 Å². The summed E-state index contributed by atoms with van der Waals surface area (Å²) in [7, 11) is 0. The number of oxazole rings is 1. The van der Waals surface area contributed by atoms with Gasteiger partial charge in [0.15, 0.2) is 17.8 Å². The number of ether oxygens (including phenoxy) is 1. The second kappa shape index (κ2) is 6.30. The highest BCUT2D eigenvalue weighted by Gasteiger charge is 2.20. The Morgan fingerprint density at radius 3 is 2.45 bits per heavy atom. The first kappa shape index (κ1) is 15.6. The fourth-order valence-electron chi connectivity index (χ4n) is 1.67. The highest BCUT2D eigenvalue weighted by atomic mass is 16.6. The molecule has 0 aliphatic rings. The van der Waals surface area contributed by atoms with Crippen LogP contribution in [0.2, 0.25) is 0 Å². The van der Waals surface area contributed by atoms with Gasteiger partial charge in [0.25, 0.3) is 5.91 Å². The molecule has 0 bridgehead atoms. The van der Waals surface area contributed by atoms with Crippen LogP contribution in [0.15, 0.2) is 41.1 Å². The second-order valence-corrected chi connectivity index (χ2v) is 5.48. The van der Waals surface area contributed by atoms with Crippen LogP contribution in [0.1, 0.15) is 31.3 Å². The molecule has 7 nitrogen and oxygen atoms in total. The molecule has 2 amide bonds. The van der Waals surface area contributed by atoms with Crippen LogP contribution in [0.3, 0.4) is 0 Å². The molecule has 0 aliphatic carbocycles. The van der Waals surface area contributed by atoms with Crippen molar-refractivity contribution in [3.63, 3.8) is 0 Å². The van der Waals surface area contributed by atoms with E-state index in [-0.39, 0.29) is 5.69 Å². The van der Waals surface area contributed by atoms with Gasteiger partial charge in [-0.25, -0.2) is 15.2 Å². The van der Waals surface area contributed by atoms with Gasteiger partial charge in [-0.15, -0.1) is 0 Å². The van der Waals surface area contributed by atoms with Crippen molar-refractivity contribution in [2.45, 2.75) is 26.4 Å². The van der Waals surface area contributed by atoms with Crippen molar-refractivity contribution < 1.29 is 18.7 Å². The van der Waals surface area contributed by atoms with Gasteiger partial charge in [0.1, 0.15) is 5.60 Å². The first-order chi connectivity index (χ1) is 10.4. The molecule has 22 heavy (non-hydrogen) atoms. The standard InChI is InChI=1S/C15H17N3O4/c1-15(2,3)22-14(20)18-17-13(19)11-12(21-9-16-11)10-7-5-4-6-8-10/h4-9H,1-3H3,(H,17,19)(H,18,20). The molecule has 7 heteroatoms. The number of nitrogens with zero attached hydrogens (tertiary/aromatic N) is 1. The van der Waals surface area contributed by atoms with Gasteiger partial charge in [-0.1, -0.05) is 30.3 Å².